The molecule has 0 radical (unpaired) electrons. The number of carbonyl (C=O) groups is 1. The van der Waals surface area contributed by atoms with Crippen molar-refractivity contribution < 1.29 is 9.90 Å². The first kappa shape index (κ1) is 14.1. The summed E-state index contributed by atoms with van der Waals surface area (Å²) in [6.07, 6.45) is 0. The summed E-state index contributed by atoms with van der Waals surface area (Å²) in [6, 6.07) is 13.2. The van der Waals surface area contributed by atoms with Crippen LogP contribution in [-0.4, -0.2) is 20.6 Å². The summed E-state index contributed by atoms with van der Waals surface area (Å²) in [4.78, 5) is 15.6. The zero-order chi connectivity index (χ0) is 15.7. The molecule has 112 valence electrons. The van der Waals surface area contributed by atoms with Crippen molar-refractivity contribution in [3.63, 3.8) is 0 Å². The molecule has 0 amide bonds. The summed E-state index contributed by atoms with van der Waals surface area (Å²) in [5.74, 6) is -0.0787. The molecule has 5 heteroatoms. The van der Waals surface area contributed by atoms with Crippen LogP contribution in [0.5, 0.6) is 0 Å². The van der Waals surface area contributed by atoms with E-state index in [4.69, 9.17) is 5.11 Å². The highest BCUT2D eigenvalue weighted by Crippen LogP contribution is 2.18. The Balaban J connectivity index is 1.86. The molecule has 0 unspecified atom stereocenters. The molecule has 0 fully saturated rings. The Bertz CT molecular complexity index is 835. The van der Waals surface area contributed by atoms with Crippen molar-refractivity contribution in [3.05, 3.63) is 59.4 Å². The van der Waals surface area contributed by atoms with Gasteiger partial charge in [0.1, 0.15) is 5.82 Å². The van der Waals surface area contributed by atoms with Gasteiger partial charge in [-0.15, -0.1) is 0 Å². The van der Waals surface area contributed by atoms with Crippen molar-refractivity contribution in [3.8, 4) is 0 Å². The number of hydrogen-bond donors (Lipinski definition) is 2. The number of anilines is 1. The van der Waals surface area contributed by atoms with E-state index in [9.17, 15) is 4.79 Å². The quantitative estimate of drug-likeness (QED) is 0.775. The van der Waals surface area contributed by atoms with Gasteiger partial charge in [0.2, 0.25) is 0 Å². The van der Waals surface area contributed by atoms with Crippen LogP contribution in [0.15, 0.2) is 42.5 Å². The summed E-state index contributed by atoms with van der Waals surface area (Å²) in [6.45, 7) is 2.63. The molecule has 1 aromatic heterocycles. The normalized spacial score (nSPS) is 10.8. The van der Waals surface area contributed by atoms with Gasteiger partial charge in [0.05, 0.1) is 23.1 Å². The number of aromatic nitrogens is 2. The van der Waals surface area contributed by atoms with Crippen molar-refractivity contribution >= 4 is 22.7 Å². The number of hydrogen-bond acceptors (Lipinski definition) is 3. The lowest BCUT2D eigenvalue weighted by Crippen LogP contribution is -2.05. The third-order valence-electron chi connectivity index (χ3n) is 3.72. The minimum Gasteiger partial charge on any atom is -0.478 e. The molecule has 0 aliphatic heterocycles. The smallest absolute Gasteiger partial charge is 0.335 e. The number of rotatable bonds is 4. The van der Waals surface area contributed by atoms with Crippen LogP contribution < -0.4 is 5.32 Å². The Morgan fingerprint density at radius 2 is 1.95 bits per heavy atom. The molecular weight excluding hydrogens is 278 g/mol. The Labute approximate surface area is 128 Å². The average molecular weight is 295 g/mol. The van der Waals surface area contributed by atoms with Gasteiger partial charge in [-0.2, -0.15) is 0 Å². The number of carboxylic acid groups (broad SMARTS) is 1. The minimum atomic E-state index is -0.938. The lowest BCUT2D eigenvalue weighted by Gasteiger charge is -2.07. The maximum Gasteiger partial charge on any atom is 0.335 e. The Morgan fingerprint density at radius 1 is 1.23 bits per heavy atom. The van der Waals surface area contributed by atoms with E-state index in [1.54, 1.807) is 18.2 Å². The molecule has 3 aromatic rings. The van der Waals surface area contributed by atoms with E-state index in [0.717, 1.165) is 17.0 Å². The highest BCUT2D eigenvalue weighted by Gasteiger charge is 2.10. The van der Waals surface area contributed by atoms with Gasteiger partial charge in [-0.3, -0.25) is 0 Å². The van der Waals surface area contributed by atoms with Gasteiger partial charge in [0.15, 0.2) is 0 Å². The molecule has 0 aliphatic rings. The summed E-state index contributed by atoms with van der Waals surface area (Å²) in [5, 5.41) is 12.4. The van der Waals surface area contributed by atoms with E-state index < -0.39 is 5.97 Å². The number of carboxylic acids is 1. The molecule has 0 atom stereocenters. The second kappa shape index (κ2) is 5.52. The topological polar surface area (TPSA) is 67.2 Å². The van der Waals surface area contributed by atoms with E-state index >= 15 is 0 Å². The van der Waals surface area contributed by atoms with Crippen LogP contribution in [0.4, 0.5) is 5.69 Å². The number of benzene rings is 2. The van der Waals surface area contributed by atoms with Gasteiger partial charge in [0, 0.05) is 12.7 Å². The zero-order valence-corrected chi connectivity index (χ0v) is 12.5. The standard InChI is InChI=1S/C17H17N3O2/c1-11-3-6-13(7-4-11)18-10-16-19-14-9-12(17(21)22)5-8-15(14)20(16)2/h3-9,18H,10H2,1-2H3,(H,21,22). The van der Waals surface area contributed by atoms with E-state index in [1.807, 2.05) is 23.7 Å². The predicted molar refractivity (Wildman–Crippen MR) is 86.2 cm³/mol. The molecule has 0 saturated carbocycles. The van der Waals surface area contributed by atoms with Crippen molar-refractivity contribution in [2.75, 3.05) is 5.32 Å². The van der Waals surface area contributed by atoms with Gasteiger partial charge >= 0.3 is 5.97 Å². The molecule has 0 bridgehead atoms. The Hall–Kier alpha value is -2.82. The fourth-order valence-electron chi connectivity index (χ4n) is 2.39. The molecular formula is C17H17N3O2. The molecule has 3 rings (SSSR count). The number of aryl methyl sites for hydroxylation is 2. The monoisotopic (exact) mass is 295 g/mol. The van der Waals surface area contributed by atoms with Crippen LogP contribution in [-0.2, 0) is 13.6 Å². The molecule has 2 aromatic carbocycles. The number of fused-ring (bicyclic) bond motifs is 1. The molecule has 0 saturated heterocycles. The lowest BCUT2D eigenvalue weighted by molar-refractivity contribution is 0.0697. The zero-order valence-electron chi connectivity index (χ0n) is 12.5. The minimum absolute atomic E-state index is 0.253. The first-order valence-corrected chi connectivity index (χ1v) is 7.04. The van der Waals surface area contributed by atoms with Gasteiger partial charge in [0.25, 0.3) is 0 Å². The van der Waals surface area contributed by atoms with Gasteiger partial charge in [-0.05, 0) is 37.3 Å². The number of imidazole rings is 1. The molecule has 22 heavy (non-hydrogen) atoms. The number of nitrogens with one attached hydrogen (secondary N) is 1. The maximum absolute atomic E-state index is 11.0. The van der Waals surface area contributed by atoms with E-state index in [-0.39, 0.29) is 5.56 Å². The SMILES string of the molecule is Cc1ccc(NCc2nc3cc(C(=O)O)ccc3n2C)cc1. The maximum atomic E-state index is 11.0. The first-order valence-electron chi connectivity index (χ1n) is 7.04. The molecule has 1 heterocycles. The van der Waals surface area contributed by atoms with Crippen molar-refractivity contribution in [2.24, 2.45) is 7.05 Å². The Morgan fingerprint density at radius 3 is 2.64 bits per heavy atom. The van der Waals surface area contributed by atoms with E-state index in [2.05, 4.69) is 29.4 Å². The van der Waals surface area contributed by atoms with Gasteiger partial charge < -0.3 is 15.0 Å². The molecule has 2 N–H and O–H groups in total. The van der Waals surface area contributed by atoms with Crippen molar-refractivity contribution in [1.29, 1.82) is 0 Å². The highest BCUT2D eigenvalue weighted by molar-refractivity contribution is 5.92. The molecule has 5 nitrogen and oxygen atoms in total. The Kier molecular flexibility index (Phi) is 3.55. The summed E-state index contributed by atoms with van der Waals surface area (Å²) >= 11 is 0. The highest BCUT2D eigenvalue weighted by atomic mass is 16.4. The van der Waals surface area contributed by atoms with E-state index in [1.165, 1.54) is 5.56 Å². The third kappa shape index (κ3) is 2.65. The van der Waals surface area contributed by atoms with Crippen LogP contribution in [0, 0.1) is 6.92 Å². The number of aromatic carboxylic acids is 1. The summed E-state index contributed by atoms with van der Waals surface area (Å²) in [7, 11) is 1.93. The van der Waals surface area contributed by atoms with E-state index in [0.29, 0.717) is 12.1 Å². The lowest BCUT2D eigenvalue weighted by atomic mass is 10.2. The second-order valence-electron chi connectivity index (χ2n) is 5.32. The fraction of sp³-hybridized carbons (Fsp3) is 0.176. The van der Waals surface area contributed by atoms with Crippen LogP contribution in [0.25, 0.3) is 11.0 Å². The predicted octanol–water partition coefficient (Wildman–Crippen LogP) is 3.19. The summed E-state index contributed by atoms with van der Waals surface area (Å²) in [5.41, 5.74) is 4.12. The average Bonchev–Trinajstić information content (AvgIpc) is 2.82. The first-order chi connectivity index (χ1) is 10.5. The van der Waals surface area contributed by atoms with Gasteiger partial charge in [-0.25, -0.2) is 9.78 Å². The second-order valence-corrected chi connectivity index (χ2v) is 5.32. The third-order valence-corrected chi connectivity index (χ3v) is 3.72. The van der Waals surface area contributed by atoms with Crippen LogP contribution in [0.2, 0.25) is 0 Å². The van der Waals surface area contributed by atoms with Crippen molar-refractivity contribution in [2.45, 2.75) is 13.5 Å². The molecule has 0 aliphatic carbocycles. The fourth-order valence-corrected chi connectivity index (χ4v) is 2.39. The number of nitrogens with zero attached hydrogens (tertiary/aromatic N) is 2. The largest absolute Gasteiger partial charge is 0.478 e. The van der Waals surface area contributed by atoms with Crippen LogP contribution >= 0.6 is 0 Å². The van der Waals surface area contributed by atoms with Crippen molar-refractivity contribution in [1.82, 2.24) is 9.55 Å². The van der Waals surface area contributed by atoms with Crippen LogP contribution in [0.3, 0.4) is 0 Å². The van der Waals surface area contributed by atoms with Crippen LogP contribution in [0.1, 0.15) is 21.7 Å². The summed E-state index contributed by atoms with van der Waals surface area (Å²) < 4.78 is 1.97. The molecule has 0 spiro atoms. The van der Waals surface area contributed by atoms with Gasteiger partial charge in [-0.1, -0.05) is 17.7 Å².